The van der Waals surface area contributed by atoms with Crippen molar-refractivity contribution < 1.29 is 14.7 Å². The highest BCUT2D eigenvalue weighted by Crippen LogP contribution is 2.20. The summed E-state index contributed by atoms with van der Waals surface area (Å²) >= 11 is 1.48. The van der Waals surface area contributed by atoms with Gasteiger partial charge >= 0.3 is 5.97 Å². The number of anilines is 1. The summed E-state index contributed by atoms with van der Waals surface area (Å²) in [6.07, 6.45) is 0.736. The minimum absolute atomic E-state index is 0.0426. The fourth-order valence-corrected chi connectivity index (χ4v) is 2.55. The van der Waals surface area contributed by atoms with Crippen molar-refractivity contribution >= 4 is 29.3 Å². The topological polar surface area (TPSA) is 66.4 Å². The predicted molar refractivity (Wildman–Crippen MR) is 83.3 cm³/mol. The van der Waals surface area contributed by atoms with E-state index in [-0.39, 0.29) is 17.6 Å². The third kappa shape index (κ3) is 5.25. The van der Waals surface area contributed by atoms with Gasteiger partial charge < -0.3 is 10.4 Å². The van der Waals surface area contributed by atoms with E-state index in [2.05, 4.69) is 5.32 Å². The van der Waals surface area contributed by atoms with Crippen molar-refractivity contribution in [2.45, 2.75) is 38.9 Å². The van der Waals surface area contributed by atoms with Crippen LogP contribution in [-0.4, -0.2) is 28.0 Å². The second-order valence-corrected chi connectivity index (χ2v) is 6.20. The summed E-state index contributed by atoms with van der Waals surface area (Å²) in [7, 11) is 0. The molecule has 0 fully saturated rings. The summed E-state index contributed by atoms with van der Waals surface area (Å²) in [6, 6.07) is 5.82. The number of aliphatic carboxylic acids is 1. The third-order valence-electron chi connectivity index (χ3n) is 3.13. The minimum Gasteiger partial charge on any atom is -0.481 e. The molecule has 0 aromatic heterocycles. The highest BCUT2D eigenvalue weighted by atomic mass is 32.2. The smallest absolute Gasteiger partial charge is 0.303 e. The zero-order chi connectivity index (χ0) is 15.1. The van der Waals surface area contributed by atoms with Crippen LogP contribution >= 0.6 is 11.8 Å². The van der Waals surface area contributed by atoms with E-state index in [1.807, 2.05) is 39.0 Å². The average molecular weight is 295 g/mol. The molecule has 5 heteroatoms. The van der Waals surface area contributed by atoms with E-state index in [1.54, 1.807) is 0 Å². The molecule has 0 heterocycles. The number of hydrogen-bond acceptors (Lipinski definition) is 3. The number of benzene rings is 1. The van der Waals surface area contributed by atoms with Crippen LogP contribution in [0.3, 0.4) is 0 Å². The van der Waals surface area contributed by atoms with Gasteiger partial charge in [0.1, 0.15) is 0 Å². The van der Waals surface area contributed by atoms with Crippen LogP contribution in [0, 0.1) is 13.8 Å². The molecule has 0 aliphatic carbocycles. The van der Waals surface area contributed by atoms with Crippen molar-refractivity contribution in [3.05, 3.63) is 29.3 Å². The standard InChI is InChI=1S/C15H21NO3S/c1-10-6-4-7-13(11(10)2)16-15(19)12(3)20-9-5-8-14(17)18/h4,6-7,12H,5,8-9H2,1-3H3,(H,16,19)(H,17,18). The summed E-state index contributed by atoms with van der Waals surface area (Å²) in [4.78, 5) is 22.5. The van der Waals surface area contributed by atoms with Gasteiger partial charge in [0.05, 0.1) is 5.25 Å². The van der Waals surface area contributed by atoms with Crippen molar-refractivity contribution in [1.29, 1.82) is 0 Å². The molecule has 0 saturated carbocycles. The lowest BCUT2D eigenvalue weighted by Gasteiger charge is -2.14. The molecule has 20 heavy (non-hydrogen) atoms. The lowest BCUT2D eigenvalue weighted by Crippen LogP contribution is -2.23. The SMILES string of the molecule is Cc1cccc(NC(=O)C(C)SCCCC(=O)O)c1C. The Balaban J connectivity index is 2.45. The number of amides is 1. The Morgan fingerprint density at radius 2 is 2.05 bits per heavy atom. The Bertz CT molecular complexity index is 488. The molecule has 0 aliphatic rings. The van der Waals surface area contributed by atoms with E-state index in [1.165, 1.54) is 11.8 Å². The van der Waals surface area contributed by atoms with Gasteiger partial charge in [0.25, 0.3) is 0 Å². The van der Waals surface area contributed by atoms with Gasteiger partial charge in [-0.05, 0) is 50.1 Å². The predicted octanol–water partition coefficient (Wildman–Crippen LogP) is 3.23. The molecule has 0 spiro atoms. The second kappa shape index (κ2) is 7.94. The zero-order valence-electron chi connectivity index (χ0n) is 12.1. The quantitative estimate of drug-likeness (QED) is 0.758. The van der Waals surface area contributed by atoms with Gasteiger partial charge in [0.15, 0.2) is 0 Å². The largest absolute Gasteiger partial charge is 0.481 e. The van der Waals surface area contributed by atoms with Crippen molar-refractivity contribution in [3.8, 4) is 0 Å². The number of carboxylic acid groups (broad SMARTS) is 1. The van der Waals surface area contributed by atoms with Gasteiger partial charge in [-0.3, -0.25) is 9.59 Å². The fourth-order valence-electron chi connectivity index (χ4n) is 1.68. The normalized spacial score (nSPS) is 11.9. The van der Waals surface area contributed by atoms with Crippen LogP contribution in [0.2, 0.25) is 0 Å². The molecule has 1 amide bonds. The number of carbonyl (C=O) groups excluding carboxylic acids is 1. The molecule has 0 saturated heterocycles. The minimum atomic E-state index is -0.793. The van der Waals surface area contributed by atoms with Gasteiger partial charge in [0, 0.05) is 12.1 Å². The molecule has 1 aromatic carbocycles. The maximum absolute atomic E-state index is 12.1. The maximum Gasteiger partial charge on any atom is 0.303 e. The van der Waals surface area contributed by atoms with Crippen LogP contribution < -0.4 is 5.32 Å². The molecule has 0 bridgehead atoms. The Morgan fingerprint density at radius 3 is 2.70 bits per heavy atom. The molecule has 1 unspecified atom stereocenters. The number of hydrogen-bond donors (Lipinski definition) is 2. The van der Waals surface area contributed by atoms with Crippen LogP contribution in [0.25, 0.3) is 0 Å². The van der Waals surface area contributed by atoms with Crippen molar-refractivity contribution in [2.75, 3.05) is 11.1 Å². The highest BCUT2D eigenvalue weighted by molar-refractivity contribution is 8.00. The number of nitrogens with one attached hydrogen (secondary N) is 1. The number of carbonyl (C=O) groups is 2. The molecular formula is C15H21NO3S. The van der Waals surface area contributed by atoms with Crippen LogP contribution in [0.15, 0.2) is 18.2 Å². The number of carboxylic acids is 1. The molecule has 0 aliphatic heterocycles. The van der Waals surface area contributed by atoms with Crippen LogP contribution in [0.4, 0.5) is 5.69 Å². The van der Waals surface area contributed by atoms with Gasteiger partial charge in [0.2, 0.25) is 5.91 Å². The van der Waals surface area contributed by atoms with Gasteiger partial charge in [-0.15, -0.1) is 11.8 Å². The lowest BCUT2D eigenvalue weighted by atomic mass is 10.1. The second-order valence-electron chi connectivity index (χ2n) is 4.75. The molecule has 1 atom stereocenters. The summed E-state index contributed by atoms with van der Waals surface area (Å²) in [5.41, 5.74) is 3.06. The third-order valence-corrected chi connectivity index (χ3v) is 4.37. The monoisotopic (exact) mass is 295 g/mol. The van der Waals surface area contributed by atoms with Gasteiger partial charge in [-0.1, -0.05) is 12.1 Å². The van der Waals surface area contributed by atoms with E-state index in [4.69, 9.17) is 5.11 Å². The van der Waals surface area contributed by atoms with E-state index < -0.39 is 5.97 Å². The molecule has 4 nitrogen and oxygen atoms in total. The van der Waals surface area contributed by atoms with E-state index in [0.29, 0.717) is 12.2 Å². The van der Waals surface area contributed by atoms with E-state index in [9.17, 15) is 9.59 Å². The van der Waals surface area contributed by atoms with Crippen molar-refractivity contribution in [2.24, 2.45) is 0 Å². The van der Waals surface area contributed by atoms with E-state index >= 15 is 0 Å². The summed E-state index contributed by atoms with van der Waals surface area (Å²) < 4.78 is 0. The Hall–Kier alpha value is -1.49. The Labute approximate surface area is 124 Å². The number of aryl methyl sites for hydroxylation is 1. The zero-order valence-corrected chi connectivity index (χ0v) is 12.9. The molecule has 1 rings (SSSR count). The van der Waals surface area contributed by atoms with Gasteiger partial charge in [-0.25, -0.2) is 0 Å². The lowest BCUT2D eigenvalue weighted by molar-refractivity contribution is -0.137. The average Bonchev–Trinajstić information content (AvgIpc) is 2.39. The first-order chi connectivity index (χ1) is 9.41. The Kier molecular flexibility index (Phi) is 6.58. The first-order valence-electron chi connectivity index (χ1n) is 6.62. The summed E-state index contributed by atoms with van der Waals surface area (Å²) in [5, 5.41) is 11.3. The van der Waals surface area contributed by atoms with Crippen molar-refractivity contribution in [3.63, 3.8) is 0 Å². The first kappa shape index (κ1) is 16.6. The highest BCUT2D eigenvalue weighted by Gasteiger charge is 2.14. The number of rotatable bonds is 7. The van der Waals surface area contributed by atoms with Crippen LogP contribution in [-0.2, 0) is 9.59 Å². The Morgan fingerprint density at radius 1 is 1.35 bits per heavy atom. The molecule has 1 aromatic rings. The summed E-state index contributed by atoms with van der Waals surface area (Å²) in [5.74, 6) is -0.162. The van der Waals surface area contributed by atoms with E-state index in [0.717, 1.165) is 16.8 Å². The first-order valence-corrected chi connectivity index (χ1v) is 7.67. The molecule has 110 valence electrons. The summed E-state index contributed by atoms with van der Waals surface area (Å²) in [6.45, 7) is 5.83. The molecular weight excluding hydrogens is 274 g/mol. The van der Waals surface area contributed by atoms with Gasteiger partial charge in [-0.2, -0.15) is 0 Å². The number of thioether (sulfide) groups is 1. The van der Waals surface area contributed by atoms with Crippen LogP contribution in [0.1, 0.15) is 30.9 Å². The van der Waals surface area contributed by atoms with Crippen LogP contribution in [0.5, 0.6) is 0 Å². The maximum atomic E-state index is 12.1. The van der Waals surface area contributed by atoms with Crippen molar-refractivity contribution in [1.82, 2.24) is 0 Å². The molecule has 0 radical (unpaired) electrons. The fraction of sp³-hybridized carbons (Fsp3) is 0.467. The molecule has 2 N–H and O–H groups in total.